The van der Waals surface area contributed by atoms with Crippen molar-refractivity contribution in [2.45, 2.75) is 31.1 Å². The predicted octanol–water partition coefficient (Wildman–Crippen LogP) is 4.43. The van der Waals surface area contributed by atoms with Crippen molar-refractivity contribution in [1.82, 2.24) is 9.97 Å². The number of nitrogens with two attached hydrogens (primary N) is 1. The van der Waals surface area contributed by atoms with Crippen LogP contribution in [0, 0.1) is 5.92 Å². The first-order valence-electron chi connectivity index (χ1n) is 10.6. The smallest absolute Gasteiger partial charge is 0.263 e. The van der Waals surface area contributed by atoms with Gasteiger partial charge in [-0.3, -0.25) is 9.52 Å². The van der Waals surface area contributed by atoms with Crippen LogP contribution >= 0.6 is 11.3 Å². The van der Waals surface area contributed by atoms with Gasteiger partial charge in [-0.1, -0.05) is 13.0 Å². The van der Waals surface area contributed by atoms with Crippen molar-refractivity contribution >= 4 is 48.9 Å². The van der Waals surface area contributed by atoms with Crippen molar-refractivity contribution in [3.63, 3.8) is 0 Å². The minimum atomic E-state index is -3.82. The van der Waals surface area contributed by atoms with E-state index in [1.807, 2.05) is 0 Å². The van der Waals surface area contributed by atoms with Gasteiger partial charge >= 0.3 is 0 Å². The molecule has 3 aromatic heterocycles. The number of aryl methyl sites for hydroxylation is 1. The molecule has 4 aromatic rings. The lowest BCUT2D eigenvalue weighted by Gasteiger charge is -2.20. The molecule has 1 atom stereocenters. The lowest BCUT2D eigenvalue weighted by Crippen LogP contribution is -2.14. The first-order chi connectivity index (χ1) is 15.8. The number of nitrogen functional groups attached to an aromatic ring is 1. The fourth-order valence-electron chi connectivity index (χ4n) is 4.08. The summed E-state index contributed by atoms with van der Waals surface area (Å²) in [4.78, 5) is 23.2. The summed E-state index contributed by atoms with van der Waals surface area (Å²) in [7, 11) is -3.82. The molecule has 1 aliphatic carbocycles. The Kier molecular flexibility index (Phi) is 5.38. The summed E-state index contributed by atoms with van der Waals surface area (Å²) < 4.78 is 27.6. The highest BCUT2D eigenvalue weighted by Gasteiger charge is 2.23. The van der Waals surface area contributed by atoms with Crippen LogP contribution in [-0.4, -0.2) is 24.2 Å². The third-order valence-corrected chi connectivity index (χ3v) is 8.35. The molecule has 7 nitrogen and oxygen atoms in total. The molecule has 0 bridgehead atoms. The molecule has 0 radical (unpaired) electrons. The molecule has 3 heterocycles. The number of hydrogen-bond donors (Lipinski definition) is 2. The number of rotatable bonds is 5. The minimum absolute atomic E-state index is 0.0393. The zero-order chi connectivity index (χ0) is 23.2. The van der Waals surface area contributed by atoms with E-state index in [0.717, 1.165) is 35.2 Å². The van der Waals surface area contributed by atoms with Gasteiger partial charge in [0.15, 0.2) is 0 Å². The van der Waals surface area contributed by atoms with Crippen molar-refractivity contribution < 1.29 is 13.2 Å². The molecule has 168 valence electrons. The summed E-state index contributed by atoms with van der Waals surface area (Å²) in [6.45, 7) is 2.23. The number of benzene rings is 1. The van der Waals surface area contributed by atoms with Gasteiger partial charge in [-0.15, -0.1) is 11.3 Å². The zero-order valence-corrected chi connectivity index (χ0v) is 19.5. The van der Waals surface area contributed by atoms with Crippen molar-refractivity contribution in [2.24, 2.45) is 5.92 Å². The summed E-state index contributed by atoms with van der Waals surface area (Å²) >= 11 is 1.29. The van der Waals surface area contributed by atoms with E-state index in [0.29, 0.717) is 22.0 Å². The van der Waals surface area contributed by atoms with E-state index < -0.39 is 10.0 Å². The average molecular weight is 479 g/mol. The standard InChI is InChI=1S/C24H22N4O3S2/c1-14-5-10-19-16(12-14)13-18-21(25)23(32-24(18)27-19)22(29)15-6-8-17(9-7-15)33(30,31)28-20-4-2-3-11-26-20/h2-4,6-9,11,13-14H,5,10,12,25H2,1H3,(H,26,28). The first-order valence-corrected chi connectivity index (χ1v) is 12.9. The third-order valence-electron chi connectivity index (χ3n) is 5.87. The number of thiophene rings is 1. The van der Waals surface area contributed by atoms with E-state index in [-0.39, 0.29) is 16.5 Å². The van der Waals surface area contributed by atoms with Crippen LogP contribution in [0.15, 0.2) is 59.6 Å². The number of fused-ring (bicyclic) bond motifs is 2. The van der Waals surface area contributed by atoms with Gasteiger partial charge < -0.3 is 5.73 Å². The highest BCUT2D eigenvalue weighted by atomic mass is 32.2. The van der Waals surface area contributed by atoms with Gasteiger partial charge in [0.2, 0.25) is 5.78 Å². The Hall–Kier alpha value is -3.30. The maximum atomic E-state index is 13.2. The number of nitrogens with zero attached hydrogens (tertiary/aromatic N) is 2. The molecular formula is C24H22N4O3S2. The lowest BCUT2D eigenvalue weighted by molar-refractivity contribution is 0.104. The number of ketones is 1. The molecule has 5 rings (SSSR count). The normalized spacial score (nSPS) is 15.8. The number of anilines is 2. The SMILES string of the molecule is CC1CCc2nc3sc(C(=O)c4ccc(S(=O)(=O)Nc5ccccn5)cc4)c(N)c3cc2C1. The van der Waals surface area contributed by atoms with Gasteiger partial charge in [-0.2, -0.15) is 0 Å². The quantitative estimate of drug-likeness (QED) is 0.410. The highest BCUT2D eigenvalue weighted by molar-refractivity contribution is 7.92. The molecule has 1 aromatic carbocycles. The fourth-order valence-corrected chi connectivity index (χ4v) is 6.14. The first kappa shape index (κ1) is 21.5. The summed E-state index contributed by atoms with van der Waals surface area (Å²) in [6, 6.07) is 12.8. The topological polar surface area (TPSA) is 115 Å². The maximum Gasteiger partial charge on any atom is 0.263 e. The van der Waals surface area contributed by atoms with E-state index in [2.05, 4.69) is 22.7 Å². The van der Waals surface area contributed by atoms with Crippen LogP contribution in [0.5, 0.6) is 0 Å². The van der Waals surface area contributed by atoms with Crippen LogP contribution < -0.4 is 10.5 Å². The molecule has 0 fully saturated rings. The molecule has 33 heavy (non-hydrogen) atoms. The average Bonchev–Trinajstić information content (AvgIpc) is 3.13. The molecule has 0 saturated carbocycles. The lowest BCUT2D eigenvalue weighted by atomic mass is 9.87. The number of aromatic nitrogens is 2. The van der Waals surface area contributed by atoms with Crippen LogP contribution in [0.1, 0.15) is 39.8 Å². The number of pyridine rings is 2. The Morgan fingerprint density at radius 2 is 1.97 bits per heavy atom. The Morgan fingerprint density at radius 1 is 1.18 bits per heavy atom. The van der Waals surface area contributed by atoms with Gasteiger partial charge in [0.1, 0.15) is 15.5 Å². The number of hydrogen-bond acceptors (Lipinski definition) is 7. The van der Waals surface area contributed by atoms with Crippen molar-refractivity contribution in [3.05, 3.63) is 76.4 Å². The Labute approximate surface area is 195 Å². The summed E-state index contributed by atoms with van der Waals surface area (Å²) in [5.74, 6) is 0.587. The largest absolute Gasteiger partial charge is 0.397 e. The second kappa shape index (κ2) is 8.24. The number of sulfonamides is 1. The van der Waals surface area contributed by atoms with Gasteiger partial charge in [-0.05, 0) is 73.2 Å². The number of nitrogens with one attached hydrogen (secondary N) is 1. The summed E-state index contributed by atoms with van der Waals surface area (Å²) in [5, 5.41) is 0.815. The van der Waals surface area contributed by atoms with Crippen molar-refractivity contribution in [3.8, 4) is 0 Å². The van der Waals surface area contributed by atoms with Gasteiger partial charge in [0, 0.05) is 22.8 Å². The van der Waals surface area contributed by atoms with Crippen LogP contribution in [0.3, 0.4) is 0 Å². The summed E-state index contributed by atoms with van der Waals surface area (Å²) in [5.41, 5.74) is 9.47. The van der Waals surface area contributed by atoms with E-state index in [4.69, 9.17) is 10.7 Å². The van der Waals surface area contributed by atoms with E-state index in [1.54, 1.807) is 18.2 Å². The molecule has 0 saturated heterocycles. The van der Waals surface area contributed by atoms with Crippen molar-refractivity contribution in [1.29, 1.82) is 0 Å². The second-order valence-corrected chi connectivity index (χ2v) is 11.0. The third kappa shape index (κ3) is 4.09. The fraction of sp³-hybridized carbons (Fsp3) is 0.208. The van der Waals surface area contributed by atoms with Gasteiger partial charge in [0.05, 0.1) is 10.6 Å². The van der Waals surface area contributed by atoms with Crippen LogP contribution in [0.4, 0.5) is 11.5 Å². The van der Waals surface area contributed by atoms with E-state index >= 15 is 0 Å². The molecular weight excluding hydrogens is 456 g/mol. The number of carbonyl (C=O) groups excluding carboxylic acids is 1. The Morgan fingerprint density at radius 3 is 2.70 bits per heavy atom. The molecule has 1 aliphatic rings. The molecule has 1 unspecified atom stereocenters. The van der Waals surface area contributed by atoms with E-state index in [1.165, 1.54) is 47.4 Å². The van der Waals surface area contributed by atoms with Crippen molar-refractivity contribution in [2.75, 3.05) is 10.5 Å². The maximum absolute atomic E-state index is 13.2. The van der Waals surface area contributed by atoms with Crippen LogP contribution in [0.25, 0.3) is 10.2 Å². The molecule has 3 N–H and O–H groups in total. The van der Waals surface area contributed by atoms with Gasteiger partial charge in [0.25, 0.3) is 10.0 Å². The van der Waals surface area contributed by atoms with Crippen LogP contribution in [0.2, 0.25) is 0 Å². The molecule has 0 spiro atoms. The predicted molar refractivity (Wildman–Crippen MR) is 130 cm³/mol. The number of carbonyl (C=O) groups is 1. The Balaban J connectivity index is 1.43. The molecule has 9 heteroatoms. The molecule has 0 amide bonds. The summed E-state index contributed by atoms with van der Waals surface area (Å²) in [6.07, 6.45) is 4.53. The highest BCUT2D eigenvalue weighted by Crippen LogP contribution is 2.37. The van der Waals surface area contributed by atoms with Crippen LogP contribution in [-0.2, 0) is 22.9 Å². The minimum Gasteiger partial charge on any atom is -0.397 e. The monoisotopic (exact) mass is 478 g/mol. The second-order valence-electron chi connectivity index (χ2n) is 8.31. The van der Waals surface area contributed by atoms with Gasteiger partial charge in [-0.25, -0.2) is 18.4 Å². The Bertz CT molecular complexity index is 1460. The van der Waals surface area contributed by atoms with E-state index in [9.17, 15) is 13.2 Å². The molecule has 0 aliphatic heterocycles. The zero-order valence-electron chi connectivity index (χ0n) is 17.9.